The van der Waals surface area contributed by atoms with Gasteiger partial charge in [0.2, 0.25) is 5.91 Å². The number of hydrogen-bond acceptors (Lipinski definition) is 5. The van der Waals surface area contributed by atoms with Crippen LogP contribution in [0.15, 0.2) is 66.2 Å². The van der Waals surface area contributed by atoms with Gasteiger partial charge in [0.05, 0.1) is 24.4 Å². The van der Waals surface area contributed by atoms with Gasteiger partial charge in [-0.25, -0.2) is 9.67 Å². The number of rotatable bonds is 7. The number of carbonyl (C=O) groups is 1. The number of carbonyl (C=O) groups excluding carboxylic acids is 1. The van der Waals surface area contributed by atoms with Crippen LogP contribution in [0.4, 0.5) is 5.69 Å². The number of thiazole rings is 1. The third-order valence-corrected chi connectivity index (χ3v) is 5.45. The normalized spacial score (nSPS) is 10.7. The summed E-state index contributed by atoms with van der Waals surface area (Å²) in [6, 6.07) is 17.4. The maximum atomic E-state index is 12.5. The smallest absolute Gasteiger partial charge is 0.230 e. The first kappa shape index (κ1) is 19.8. The van der Waals surface area contributed by atoms with Crippen molar-refractivity contribution in [2.75, 3.05) is 11.9 Å². The Bertz CT molecular complexity index is 1150. The van der Waals surface area contributed by atoms with Gasteiger partial charge in [-0.3, -0.25) is 4.79 Å². The number of hydrogen-bond donors (Lipinski definition) is 1. The van der Waals surface area contributed by atoms with Crippen LogP contribution in [0.2, 0.25) is 0 Å². The number of nitrogens with one attached hydrogen (secondary N) is 1. The van der Waals surface area contributed by atoms with Gasteiger partial charge in [0.15, 0.2) is 0 Å². The van der Waals surface area contributed by atoms with Crippen LogP contribution < -0.4 is 10.1 Å². The number of benzene rings is 2. The highest BCUT2D eigenvalue weighted by Crippen LogP contribution is 2.26. The molecule has 4 rings (SSSR count). The molecule has 2 aromatic carbocycles. The first-order valence-corrected chi connectivity index (χ1v) is 10.6. The standard InChI is InChI=1S/C23H22N4O2S/c1-3-29-21-9-7-17(8-10-21)23-26-19(15-30-23)14-22(28)25-18-5-4-6-20(13-18)27-16(2)11-12-24-27/h4-13,15H,3,14H2,1-2H3,(H,25,28). The fourth-order valence-electron chi connectivity index (χ4n) is 3.11. The van der Waals surface area contributed by atoms with Crippen molar-refractivity contribution in [2.45, 2.75) is 20.3 Å². The van der Waals surface area contributed by atoms with Crippen LogP contribution >= 0.6 is 11.3 Å². The van der Waals surface area contributed by atoms with Crippen LogP contribution in [0.1, 0.15) is 18.3 Å². The molecular formula is C23H22N4O2S. The van der Waals surface area contributed by atoms with Gasteiger partial charge in [-0.2, -0.15) is 5.10 Å². The summed E-state index contributed by atoms with van der Waals surface area (Å²) in [4.78, 5) is 17.1. The lowest BCUT2D eigenvalue weighted by atomic mass is 10.2. The van der Waals surface area contributed by atoms with Gasteiger partial charge >= 0.3 is 0 Å². The molecule has 2 heterocycles. The van der Waals surface area contributed by atoms with E-state index in [2.05, 4.69) is 15.4 Å². The molecule has 0 atom stereocenters. The molecule has 0 bridgehead atoms. The van der Waals surface area contributed by atoms with E-state index >= 15 is 0 Å². The van der Waals surface area contributed by atoms with Gasteiger partial charge < -0.3 is 10.1 Å². The van der Waals surface area contributed by atoms with Gasteiger partial charge in [0.1, 0.15) is 10.8 Å². The number of anilines is 1. The molecule has 0 unspecified atom stereocenters. The number of aromatic nitrogens is 3. The zero-order valence-electron chi connectivity index (χ0n) is 16.8. The molecule has 1 amide bonds. The van der Waals surface area contributed by atoms with Crippen molar-refractivity contribution >= 4 is 22.9 Å². The molecule has 152 valence electrons. The number of ether oxygens (including phenoxy) is 1. The first-order valence-electron chi connectivity index (χ1n) is 9.71. The van der Waals surface area contributed by atoms with Crippen molar-refractivity contribution in [1.82, 2.24) is 14.8 Å². The molecule has 2 aromatic heterocycles. The molecule has 1 N–H and O–H groups in total. The minimum atomic E-state index is -0.104. The van der Waals surface area contributed by atoms with Crippen molar-refractivity contribution in [3.8, 4) is 22.0 Å². The summed E-state index contributed by atoms with van der Waals surface area (Å²) in [5, 5.41) is 10.1. The maximum Gasteiger partial charge on any atom is 0.230 e. The fraction of sp³-hybridized carbons (Fsp3) is 0.174. The van der Waals surface area contributed by atoms with Gasteiger partial charge in [0.25, 0.3) is 0 Å². The fourth-order valence-corrected chi connectivity index (χ4v) is 3.93. The molecule has 0 aliphatic rings. The SMILES string of the molecule is CCOc1ccc(-c2nc(CC(=O)Nc3cccc(-n4nccc4C)c3)cs2)cc1. The molecule has 7 heteroatoms. The van der Waals surface area contributed by atoms with Crippen LogP contribution in [-0.4, -0.2) is 27.3 Å². The highest BCUT2D eigenvalue weighted by Gasteiger charge is 2.11. The third kappa shape index (κ3) is 4.58. The summed E-state index contributed by atoms with van der Waals surface area (Å²) in [6.07, 6.45) is 1.98. The second kappa shape index (κ2) is 8.92. The molecule has 0 spiro atoms. The second-order valence-corrected chi connectivity index (χ2v) is 7.62. The lowest BCUT2D eigenvalue weighted by Crippen LogP contribution is -2.14. The molecule has 0 aliphatic carbocycles. The van der Waals surface area contributed by atoms with Crippen molar-refractivity contribution in [2.24, 2.45) is 0 Å². The predicted octanol–water partition coefficient (Wildman–Crippen LogP) is 4.88. The third-order valence-electron chi connectivity index (χ3n) is 4.51. The minimum Gasteiger partial charge on any atom is -0.494 e. The van der Waals surface area contributed by atoms with Crippen molar-refractivity contribution in [3.05, 3.63) is 77.6 Å². The van der Waals surface area contributed by atoms with Crippen LogP contribution in [0, 0.1) is 6.92 Å². The van der Waals surface area contributed by atoms with E-state index < -0.39 is 0 Å². The number of amides is 1. The molecule has 30 heavy (non-hydrogen) atoms. The van der Waals surface area contributed by atoms with Gasteiger partial charge in [-0.1, -0.05) is 6.07 Å². The van der Waals surface area contributed by atoms with E-state index in [0.717, 1.165) is 39.1 Å². The summed E-state index contributed by atoms with van der Waals surface area (Å²) < 4.78 is 7.31. The average molecular weight is 419 g/mol. The summed E-state index contributed by atoms with van der Waals surface area (Å²) in [5.74, 6) is 0.734. The maximum absolute atomic E-state index is 12.5. The average Bonchev–Trinajstić information content (AvgIpc) is 3.38. The lowest BCUT2D eigenvalue weighted by molar-refractivity contribution is -0.115. The van der Waals surface area contributed by atoms with Crippen molar-refractivity contribution in [1.29, 1.82) is 0 Å². The van der Waals surface area contributed by atoms with E-state index in [1.165, 1.54) is 11.3 Å². The monoisotopic (exact) mass is 418 g/mol. The molecule has 0 fully saturated rings. The summed E-state index contributed by atoms with van der Waals surface area (Å²) in [7, 11) is 0. The first-order chi connectivity index (χ1) is 14.6. The Morgan fingerprint density at radius 3 is 2.73 bits per heavy atom. The van der Waals surface area contributed by atoms with Gasteiger partial charge in [0, 0.05) is 28.5 Å². The molecule has 0 aliphatic heterocycles. The molecule has 0 radical (unpaired) electrons. The highest BCUT2D eigenvalue weighted by molar-refractivity contribution is 7.13. The molecule has 0 saturated heterocycles. The molecule has 6 nitrogen and oxygen atoms in total. The molecule has 0 saturated carbocycles. The Labute approximate surface area is 179 Å². The largest absolute Gasteiger partial charge is 0.494 e. The Balaban J connectivity index is 1.41. The Kier molecular flexibility index (Phi) is 5.90. The van der Waals surface area contributed by atoms with E-state index in [0.29, 0.717) is 6.61 Å². The summed E-state index contributed by atoms with van der Waals surface area (Å²) in [5.41, 5.74) is 4.43. The Morgan fingerprint density at radius 2 is 2.00 bits per heavy atom. The lowest BCUT2D eigenvalue weighted by Gasteiger charge is -2.08. The van der Waals surface area contributed by atoms with Crippen molar-refractivity contribution < 1.29 is 9.53 Å². The minimum absolute atomic E-state index is 0.104. The van der Waals surface area contributed by atoms with Gasteiger partial charge in [-0.05, 0) is 62.4 Å². The van der Waals surface area contributed by atoms with Gasteiger partial charge in [-0.15, -0.1) is 11.3 Å². The Hall–Kier alpha value is -3.45. The van der Waals surface area contributed by atoms with E-state index in [9.17, 15) is 4.79 Å². The van der Waals surface area contributed by atoms with E-state index in [4.69, 9.17) is 4.74 Å². The number of aryl methyl sites for hydroxylation is 1. The van der Waals surface area contributed by atoms with Crippen molar-refractivity contribution in [3.63, 3.8) is 0 Å². The molecule has 4 aromatic rings. The summed E-state index contributed by atoms with van der Waals surface area (Å²) >= 11 is 1.53. The van der Waals surface area contributed by atoms with E-state index in [1.54, 1.807) is 6.20 Å². The van der Waals surface area contributed by atoms with Crippen LogP contribution in [0.3, 0.4) is 0 Å². The summed E-state index contributed by atoms with van der Waals surface area (Å²) in [6.45, 7) is 4.59. The van der Waals surface area contributed by atoms with Crippen LogP contribution in [0.25, 0.3) is 16.3 Å². The number of nitrogens with zero attached hydrogens (tertiary/aromatic N) is 3. The topological polar surface area (TPSA) is 69.0 Å². The zero-order valence-corrected chi connectivity index (χ0v) is 17.6. The van der Waals surface area contributed by atoms with E-state index in [-0.39, 0.29) is 12.3 Å². The second-order valence-electron chi connectivity index (χ2n) is 6.76. The Morgan fingerprint density at radius 1 is 1.17 bits per heavy atom. The predicted molar refractivity (Wildman–Crippen MR) is 119 cm³/mol. The van der Waals surface area contributed by atoms with Crippen LogP contribution in [-0.2, 0) is 11.2 Å². The molecular weight excluding hydrogens is 396 g/mol. The quantitative estimate of drug-likeness (QED) is 0.464. The highest BCUT2D eigenvalue weighted by atomic mass is 32.1. The van der Waals surface area contributed by atoms with Crippen LogP contribution in [0.5, 0.6) is 5.75 Å². The van der Waals surface area contributed by atoms with E-state index in [1.807, 2.05) is 78.5 Å². The zero-order chi connectivity index (χ0) is 20.9.